The van der Waals surface area contributed by atoms with Gasteiger partial charge in [-0.3, -0.25) is 9.69 Å². The topological polar surface area (TPSA) is 60.9 Å². The Morgan fingerprint density at radius 3 is 2.67 bits per heavy atom. The minimum Gasteiger partial charge on any atom is -0.387 e. The van der Waals surface area contributed by atoms with Gasteiger partial charge in [0.1, 0.15) is 6.54 Å². The first kappa shape index (κ1) is 12.6. The van der Waals surface area contributed by atoms with Crippen molar-refractivity contribution in [1.82, 2.24) is 9.80 Å². The Labute approximate surface area is 106 Å². The molecule has 5 nitrogen and oxygen atoms in total. The van der Waals surface area contributed by atoms with E-state index in [9.17, 15) is 14.7 Å². The summed E-state index contributed by atoms with van der Waals surface area (Å²) in [7, 11) is 1.57. The Bertz CT molecular complexity index is 487. The van der Waals surface area contributed by atoms with Crippen molar-refractivity contribution in [3.63, 3.8) is 0 Å². The number of benzene rings is 1. The fraction of sp³-hybridized carbons (Fsp3) is 0.385. The molecule has 0 spiro atoms. The van der Waals surface area contributed by atoms with Crippen molar-refractivity contribution < 1.29 is 14.7 Å². The molecule has 1 unspecified atom stereocenters. The van der Waals surface area contributed by atoms with E-state index in [4.69, 9.17) is 0 Å². The van der Waals surface area contributed by atoms with Gasteiger partial charge in [0.25, 0.3) is 0 Å². The Kier molecular flexibility index (Phi) is 3.34. The van der Waals surface area contributed by atoms with Gasteiger partial charge in [-0.25, -0.2) is 4.79 Å². The third kappa shape index (κ3) is 2.36. The molecule has 0 aromatic heterocycles. The zero-order chi connectivity index (χ0) is 13.3. The number of aliphatic hydroxyl groups excluding tert-OH is 1. The lowest BCUT2D eigenvalue weighted by molar-refractivity contribution is -0.126. The van der Waals surface area contributed by atoms with Crippen LogP contribution in [0.15, 0.2) is 24.3 Å². The third-order valence-electron chi connectivity index (χ3n) is 3.01. The normalized spacial score (nSPS) is 17.5. The fourth-order valence-electron chi connectivity index (χ4n) is 2.00. The van der Waals surface area contributed by atoms with Crippen molar-refractivity contribution in [3.05, 3.63) is 35.4 Å². The maximum atomic E-state index is 11.7. The molecule has 2 rings (SSSR count). The maximum Gasteiger partial charge on any atom is 0.327 e. The molecule has 0 saturated carbocycles. The van der Waals surface area contributed by atoms with Crippen LogP contribution in [0, 0.1) is 6.92 Å². The van der Waals surface area contributed by atoms with E-state index < -0.39 is 6.10 Å². The number of aliphatic hydroxyl groups is 1. The molecule has 0 aliphatic carbocycles. The molecule has 1 fully saturated rings. The zero-order valence-corrected chi connectivity index (χ0v) is 10.5. The second kappa shape index (κ2) is 4.78. The van der Waals surface area contributed by atoms with Gasteiger partial charge in [-0.15, -0.1) is 0 Å². The summed E-state index contributed by atoms with van der Waals surface area (Å²) in [6, 6.07) is 7.04. The van der Waals surface area contributed by atoms with Crippen LogP contribution in [-0.4, -0.2) is 47.0 Å². The minimum absolute atomic E-state index is 0.00542. The van der Waals surface area contributed by atoms with Crippen LogP contribution < -0.4 is 0 Å². The van der Waals surface area contributed by atoms with E-state index in [0.717, 1.165) is 10.5 Å². The van der Waals surface area contributed by atoms with E-state index in [1.165, 1.54) is 4.90 Å². The molecule has 18 heavy (non-hydrogen) atoms. The Morgan fingerprint density at radius 2 is 2.11 bits per heavy atom. The fourth-order valence-corrected chi connectivity index (χ4v) is 2.00. The average molecular weight is 248 g/mol. The third-order valence-corrected chi connectivity index (χ3v) is 3.01. The first-order valence-corrected chi connectivity index (χ1v) is 5.79. The number of likely N-dealkylation sites (N-methyl/N-ethyl adjacent to an activating group) is 1. The molecule has 0 bridgehead atoms. The van der Waals surface area contributed by atoms with Crippen molar-refractivity contribution >= 4 is 11.9 Å². The summed E-state index contributed by atoms with van der Waals surface area (Å²) in [6.07, 6.45) is -0.843. The number of rotatable bonds is 3. The first-order chi connectivity index (χ1) is 8.49. The van der Waals surface area contributed by atoms with Crippen LogP contribution in [0.25, 0.3) is 0 Å². The summed E-state index contributed by atoms with van der Waals surface area (Å²) in [5.74, 6) is -0.269. The van der Waals surface area contributed by atoms with E-state index in [0.29, 0.717) is 5.56 Å². The number of imide groups is 1. The van der Waals surface area contributed by atoms with Gasteiger partial charge < -0.3 is 10.0 Å². The van der Waals surface area contributed by atoms with Crippen molar-refractivity contribution in [3.8, 4) is 0 Å². The minimum atomic E-state index is -0.843. The largest absolute Gasteiger partial charge is 0.387 e. The predicted octanol–water partition coefficient (Wildman–Crippen LogP) is 0.922. The Morgan fingerprint density at radius 1 is 1.39 bits per heavy atom. The summed E-state index contributed by atoms with van der Waals surface area (Å²) < 4.78 is 0. The van der Waals surface area contributed by atoms with E-state index in [1.807, 2.05) is 25.1 Å². The smallest absolute Gasteiger partial charge is 0.327 e. The van der Waals surface area contributed by atoms with Gasteiger partial charge >= 0.3 is 6.03 Å². The van der Waals surface area contributed by atoms with Gasteiger partial charge in [-0.2, -0.15) is 0 Å². The van der Waals surface area contributed by atoms with Crippen LogP contribution in [0.5, 0.6) is 0 Å². The summed E-state index contributed by atoms with van der Waals surface area (Å²) in [5.41, 5.74) is 1.74. The second-order valence-electron chi connectivity index (χ2n) is 4.57. The molecule has 1 atom stereocenters. The number of hydrogen-bond donors (Lipinski definition) is 1. The van der Waals surface area contributed by atoms with Crippen LogP contribution in [0.4, 0.5) is 4.79 Å². The van der Waals surface area contributed by atoms with E-state index in [1.54, 1.807) is 13.1 Å². The molecule has 0 radical (unpaired) electrons. The van der Waals surface area contributed by atoms with Crippen LogP contribution in [-0.2, 0) is 4.79 Å². The molecule has 1 heterocycles. The molecule has 1 aromatic rings. The van der Waals surface area contributed by atoms with Gasteiger partial charge in [-0.1, -0.05) is 29.8 Å². The van der Waals surface area contributed by atoms with Crippen molar-refractivity contribution in [2.45, 2.75) is 13.0 Å². The summed E-state index contributed by atoms with van der Waals surface area (Å²) in [6.45, 7) is 2.01. The monoisotopic (exact) mass is 248 g/mol. The standard InChI is InChI=1S/C13H16N2O3/c1-9-4-3-5-10(6-9)11(16)7-15-12(17)8-14(2)13(15)18/h3-6,11,16H,7-8H2,1-2H3. The van der Waals surface area contributed by atoms with Gasteiger partial charge in [0.15, 0.2) is 0 Å². The molecule has 1 aliphatic rings. The van der Waals surface area contributed by atoms with Crippen LogP contribution in [0.1, 0.15) is 17.2 Å². The molecule has 1 aromatic carbocycles. The highest BCUT2D eigenvalue weighted by molar-refractivity contribution is 6.01. The Balaban J connectivity index is 2.10. The number of β-amino-alcohol motifs (C(OH)–C–C–N with tert-alkyl or cyclic N) is 1. The highest BCUT2D eigenvalue weighted by atomic mass is 16.3. The van der Waals surface area contributed by atoms with Crippen molar-refractivity contribution in [2.75, 3.05) is 20.1 Å². The van der Waals surface area contributed by atoms with E-state index in [2.05, 4.69) is 0 Å². The molecule has 96 valence electrons. The van der Waals surface area contributed by atoms with E-state index >= 15 is 0 Å². The molecular formula is C13H16N2O3. The lowest BCUT2D eigenvalue weighted by atomic mass is 10.1. The number of carbonyl (C=O) groups excluding carboxylic acids is 2. The first-order valence-electron chi connectivity index (χ1n) is 5.79. The average Bonchev–Trinajstić information content (AvgIpc) is 2.56. The van der Waals surface area contributed by atoms with Crippen molar-refractivity contribution in [2.24, 2.45) is 0 Å². The summed E-state index contributed by atoms with van der Waals surface area (Å²) in [4.78, 5) is 25.7. The highest BCUT2D eigenvalue weighted by Gasteiger charge is 2.34. The number of nitrogens with zero attached hydrogens (tertiary/aromatic N) is 2. The van der Waals surface area contributed by atoms with E-state index in [-0.39, 0.29) is 25.0 Å². The molecule has 1 aliphatic heterocycles. The number of aryl methyl sites for hydroxylation is 1. The predicted molar refractivity (Wildman–Crippen MR) is 65.9 cm³/mol. The number of carbonyl (C=O) groups is 2. The van der Waals surface area contributed by atoms with Gasteiger partial charge in [0.05, 0.1) is 12.6 Å². The lowest BCUT2D eigenvalue weighted by Crippen LogP contribution is -2.35. The number of hydrogen-bond acceptors (Lipinski definition) is 3. The number of amides is 3. The van der Waals surface area contributed by atoms with Gasteiger partial charge in [0, 0.05) is 7.05 Å². The van der Waals surface area contributed by atoms with Crippen LogP contribution in [0.3, 0.4) is 0 Å². The Hall–Kier alpha value is -1.88. The SMILES string of the molecule is Cc1cccc(C(O)CN2C(=O)CN(C)C2=O)c1. The maximum absolute atomic E-state index is 11.7. The molecule has 1 N–H and O–H groups in total. The molecule has 5 heteroatoms. The molecule has 3 amide bonds. The molecular weight excluding hydrogens is 232 g/mol. The second-order valence-corrected chi connectivity index (χ2v) is 4.57. The number of urea groups is 1. The zero-order valence-electron chi connectivity index (χ0n) is 10.5. The van der Waals surface area contributed by atoms with Gasteiger partial charge in [0.2, 0.25) is 5.91 Å². The van der Waals surface area contributed by atoms with Crippen LogP contribution >= 0.6 is 0 Å². The quantitative estimate of drug-likeness (QED) is 0.809. The summed E-state index contributed by atoms with van der Waals surface area (Å²) in [5, 5.41) is 10.1. The summed E-state index contributed by atoms with van der Waals surface area (Å²) >= 11 is 0. The highest BCUT2D eigenvalue weighted by Crippen LogP contribution is 2.18. The van der Waals surface area contributed by atoms with Crippen LogP contribution in [0.2, 0.25) is 0 Å². The van der Waals surface area contributed by atoms with Gasteiger partial charge in [-0.05, 0) is 12.5 Å². The van der Waals surface area contributed by atoms with Crippen molar-refractivity contribution in [1.29, 1.82) is 0 Å². The molecule has 1 saturated heterocycles. The lowest BCUT2D eigenvalue weighted by Gasteiger charge is -2.18.